The van der Waals surface area contributed by atoms with Gasteiger partial charge in [-0.3, -0.25) is 10.1 Å². The maximum absolute atomic E-state index is 15.3. The van der Waals surface area contributed by atoms with Crippen LogP contribution in [0.4, 0.5) is 20.2 Å². The molecule has 0 saturated heterocycles. The summed E-state index contributed by atoms with van der Waals surface area (Å²) in [7, 11) is 3.97. The highest BCUT2D eigenvalue weighted by Crippen LogP contribution is 2.35. The number of pyridine rings is 2. The number of fused-ring (bicyclic) bond motifs is 2. The number of aromatic amines is 2. The normalized spacial score (nSPS) is 11.7. The summed E-state index contributed by atoms with van der Waals surface area (Å²) in [6, 6.07) is 12.2. The van der Waals surface area contributed by atoms with Gasteiger partial charge in [0.15, 0.2) is 17.3 Å². The van der Waals surface area contributed by atoms with Crippen molar-refractivity contribution in [2.75, 3.05) is 37.8 Å². The van der Waals surface area contributed by atoms with E-state index in [1.54, 1.807) is 18.6 Å². The summed E-state index contributed by atoms with van der Waals surface area (Å²) in [5.74, 6) is -0.372. The van der Waals surface area contributed by atoms with Gasteiger partial charge in [-0.05, 0) is 81.5 Å². The number of imidazole rings is 1. The van der Waals surface area contributed by atoms with Crippen LogP contribution < -0.4 is 10.6 Å². The van der Waals surface area contributed by atoms with E-state index in [0.717, 1.165) is 23.4 Å². The molecule has 214 valence electrons. The van der Waals surface area contributed by atoms with Crippen molar-refractivity contribution in [1.29, 1.82) is 0 Å². The lowest BCUT2D eigenvalue weighted by molar-refractivity contribution is 0.425. The zero-order valence-corrected chi connectivity index (χ0v) is 23.8. The summed E-state index contributed by atoms with van der Waals surface area (Å²) in [5, 5.41) is 14.3. The van der Waals surface area contributed by atoms with Crippen molar-refractivity contribution in [3.8, 4) is 33.8 Å². The molecule has 0 saturated carbocycles. The number of H-pyrrole nitrogens is 2. The van der Waals surface area contributed by atoms with Crippen LogP contribution in [0.15, 0.2) is 61.1 Å². The van der Waals surface area contributed by atoms with Crippen LogP contribution in [-0.2, 0) is 0 Å². The number of halogens is 2. The third kappa shape index (κ3) is 5.51. The van der Waals surface area contributed by atoms with Gasteiger partial charge in [-0.1, -0.05) is 0 Å². The Morgan fingerprint density at radius 1 is 0.952 bits per heavy atom. The first kappa shape index (κ1) is 27.3. The zero-order chi connectivity index (χ0) is 29.4. The van der Waals surface area contributed by atoms with Gasteiger partial charge in [-0.15, -0.1) is 0 Å². The molecule has 4 N–H and O–H groups in total. The summed E-state index contributed by atoms with van der Waals surface area (Å²) >= 11 is 0. The number of hydrogen-bond acceptors (Lipinski definition) is 7. The predicted octanol–water partition coefficient (Wildman–Crippen LogP) is 6.30. The third-order valence-corrected chi connectivity index (χ3v) is 6.86. The molecule has 0 amide bonds. The van der Waals surface area contributed by atoms with Gasteiger partial charge in [0.2, 0.25) is 0 Å². The van der Waals surface area contributed by atoms with Crippen molar-refractivity contribution >= 4 is 33.4 Å². The van der Waals surface area contributed by atoms with Crippen LogP contribution in [0.25, 0.3) is 55.8 Å². The third-order valence-electron chi connectivity index (χ3n) is 6.86. The molecule has 11 heteroatoms. The van der Waals surface area contributed by atoms with Gasteiger partial charge in [0, 0.05) is 59.9 Å². The maximum atomic E-state index is 15.3. The largest absolute Gasteiger partial charge is 0.384 e. The second-order valence-electron chi connectivity index (χ2n) is 10.8. The molecule has 0 fully saturated rings. The Balaban J connectivity index is 1.40. The van der Waals surface area contributed by atoms with E-state index in [1.165, 1.54) is 18.2 Å². The standard InChI is InChI=1S/C31H31F2N9/c1-17(2)37-23-11-20(15-34-16-23)18-12-25-27(26(33)13-18)40-41-29(25)31-38-28-24(5-6-36-30(28)39-31)19-9-21(32)14-22(10-19)35-7-8-42(3)4/h5-6,9-17,35,37H,7-8H2,1-4H3,(H,40,41)(H,36,38,39). The highest BCUT2D eigenvalue weighted by atomic mass is 19.1. The fourth-order valence-electron chi connectivity index (χ4n) is 4.97. The summed E-state index contributed by atoms with van der Waals surface area (Å²) in [6.07, 6.45) is 5.08. The second kappa shape index (κ2) is 11.2. The first-order valence-electron chi connectivity index (χ1n) is 13.7. The fraction of sp³-hybridized carbons (Fsp3) is 0.226. The Hall–Kier alpha value is -4.90. The molecule has 0 spiro atoms. The van der Waals surface area contributed by atoms with Crippen LogP contribution in [0.5, 0.6) is 0 Å². The Morgan fingerprint density at radius 3 is 2.60 bits per heavy atom. The van der Waals surface area contributed by atoms with Gasteiger partial charge in [-0.25, -0.2) is 18.7 Å². The van der Waals surface area contributed by atoms with Crippen molar-refractivity contribution in [2.24, 2.45) is 0 Å². The smallest absolute Gasteiger partial charge is 0.178 e. The van der Waals surface area contributed by atoms with Gasteiger partial charge in [-0.2, -0.15) is 5.10 Å². The molecule has 6 aromatic rings. The summed E-state index contributed by atoms with van der Waals surface area (Å²) in [5.41, 5.74) is 6.17. The molecule has 0 aliphatic carbocycles. The molecule has 0 bridgehead atoms. The van der Waals surface area contributed by atoms with Crippen molar-refractivity contribution < 1.29 is 8.78 Å². The molecule has 0 aliphatic heterocycles. The lowest BCUT2D eigenvalue weighted by Gasteiger charge is -2.13. The molecule has 0 unspecified atom stereocenters. The monoisotopic (exact) mass is 567 g/mol. The van der Waals surface area contributed by atoms with E-state index in [4.69, 9.17) is 0 Å². The molecule has 0 radical (unpaired) electrons. The van der Waals surface area contributed by atoms with Gasteiger partial charge >= 0.3 is 0 Å². The average Bonchev–Trinajstić information content (AvgIpc) is 3.57. The minimum absolute atomic E-state index is 0.199. The van der Waals surface area contributed by atoms with Crippen LogP contribution in [0.3, 0.4) is 0 Å². The molecular weight excluding hydrogens is 536 g/mol. The lowest BCUT2D eigenvalue weighted by Crippen LogP contribution is -2.20. The quantitative estimate of drug-likeness (QED) is 0.162. The number of nitrogens with zero attached hydrogens (tertiary/aromatic N) is 5. The summed E-state index contributed by atoms with van der Waals surface area (Å²) in [4.78, 5) is 18.8. The van der Waals surface area contributed by atoms with Crippen LogP contribution in [0.1, 0.15) is 13.8 Å². The van der Waals surface area contributed by atoms with E-state index in [0.29, 0.717) is 51.4 Å². The topological polar surface area (TPSA) is 110 Å². The van der Waals surface area contributed by atoms with Gasteiger partial charge < -0.3 is 20.5 Å². The Kier molecular flexibility index (Phi) is 7.26. The average molecular weight is 568 g/mol. The van der Waals surface area contributed by atoms with Crippen LogP contribution in [0.2, 0.25) is 0 Å². The Bertz CT molecular complexity index is 1890. The van der Waals surface area contributed by atoms with Crippen molar-refractivity contribution in [2.45, 2.75) is 19.9 Å². The van der Waals surface area contributed by atoms with Crippen molar-refractivity contribution in [3.63, 3.8) is 0 Å². The van der Waals surface area contributed by atoms with E-state index in [9.17, 15) is 4.39 Å². The molecule has 4 aromatic heterocycles. The SMILES string of the molecule is CC(C)Nc1cncc(-c2cc(F)c3n[nH]c(-c4nc5nccc(-c6cc(F)cc(NCCN(C)C)c6)c5[nH]4)c3c2)c1. The Morgan fingerprint density at radius 2 is 1.79 bits per heavy atom. The van der Waals surface area contributed by atoms with Gasteiger partial charge in [0.1, 0.15) is 17.0 Å². The molecule has 0 atom stereocenters. The minimum Gasteiger partial charge on any atom is -0.384 e. The highest BCUT2D eigenvalue weighted by molar-refractivity contribution is 5.98. The Labute approximate surface area is 241 Å². The molecule has 9 nitrogen and oxygen atoms in total. The lowest BCUT2D eigenvalue weighted by atomic mass is 10.0. The number of nitrogens with one attached hydrogen (secondary N) is 4. The van der Waals surface area contributed by atoms with Gasteiger partial charge in [0.05, 0.1) is 11.2 Å². The number of benzene rings is 2. The number of rotatable bonds is 9. The minimum atomic E-state index is -0.462. The van der Waals surface area contributed by atoms with E-state index in [2.05, 4.69) is 45.7 Å². The molecular formula is C31H31F2N9. The van der Waals surface area contributed by atoms with E-state index >= 15 is 4.39 Å². The zero-order valence-electron chi connectivity index (χ0n) is 23.8. The summed E-state index contributed by atoms with van der Waals surface area (Å²) < 4.78 is 29.9. The molecule has 2 aromatic carbocycles. The second-order valence-corrected chi connectivity index (χ2v) is 10.8. The van der Waals surface area contributed by atoms with Crippen LogP contribution in [0, 0.1) is 11.6 Å². The molecule has 6 rings (SSSR count). The van der Waals surface area contributed by atoms with E-state index < -0.39 is 5.82 Å². The number of hydrogen-bond donors (Lipinski definition) is 4. The highest BCUT2D eigenvalue weighted by Gasteiger charge is 2.19. The van der Waals surface area contributed by atoms with E-state index in [1.807, 2.05) is 52.2 Å². The fourth-order valence-corrected chi connectivity index (χ4v) is 4.97. The summed E-state index contributed by atoms with van der Waals surface area (Å²) in [6.45, 7) is 5.57. The van der Waals surface area contributed by atoms with Crippen LogP contribution in [-0.4, -0.2) is 68.3 Å². The first-order chi connectivity index (χ1) is 20.2. The van der Waals surface area contributed by atoms with E-state index in [-0.39, 0.29) is 17.4 Å². The van der Waals surface area contributed by atoms with Gasteiger partial charge in [0.25, 0.3) is 0 Å². The predicted molar refractivity (Wildman–Crippen MR) is 163 cm³/mol. The molecule has 0 aliphatic rings. The number of anilines is 2. The van der Waals surface area contributed by atoms with Crippen molar-refractivity contribution in [3.05, 3.63) is 72.7 Å². The first-order valence-corrected chi connectivity index (χ1v) is 13.7. The van der Waals surface area contributed by atoms with Crippen LogP contribution >= 0.6 is 0 Å². The molecule has 4 heterocycles. The maximum Gasteiger partial charge on any atom is 0.178 e. The number of aromatic nitrogens is 6. The molecule has 42 heavy (non-hydrogen) atoms. The number of likely N-dealkylation sites (N-methyl/N-ethyl adjacent to an activating group) is 1. The van der Waals surface area contributed by atoms with Crippen molar-refractivity contribution in [1.82, 2.24) is 35.0 Å².